The highest BCUT2D eigenvalue weighted by Crippen LogP contribution is 2.21. The molecular weight excluding hydrogens is 274 g/mol. The van der Waals surface area contributed by atoms with Crippen LogP contribution >= 0.6 is 0 Å². The van der Waals surface area contributed by atoms with Gasteiger partial charge in [0.2, 0.25) is 10.0 Å². The van der Waals surface area contributed by atoms with Gasteiger partial charge in [-0.05, 0) is 38.5 Å². The third kappa shape index (κ3) is 3.83. The van der Waals surface area contributed by atoms with E-state index in [2.05, 4.69) is 11.8 Å². The summed E-state index contributed by atoms with van der Waals surface area (Å²) < 4.78 is 26.4. The highest BCUT2D eigenvalue weighted by atomic mass is 32.2. The average Bonchev–Trinajstić information content (AvgIpc) is 2.39. The van der Waals surface area contributed by atoms with Crippen LogP contribution in [0.3, 0.4) is 0 Å². The van der Waals surface area contributed by atoms with Crippen molar-refractivity contribution < 1.29 is 13.5 Å². The molecule has 0 spiro atoms. The highest BCUT2D eigenvalue weighted by molar-refractivity contribution is 7.89. The molecule has 0 aliphatic rings. The summed E-state index contributed by atoms with van der Waals surface area (Å²) in [6, 6.07) is 5.02. The second kappa shape index (κ2) is 6.89. The third-order valence-electron chi connectivity index (χ3n) is 3.04. The van der Waals surface area contributed by atoms with Crippen molar-refractivity contribution in [2.24, 2.45) is 0 Å². The van der Waals surface area contributed by atoms with Crippen molar-refractivity contribution in [2.45, 2.75) is 38.1 Å². The molecule has 0 amide bonds. The van der Waals surface area contributed by atoms with Gasteiger partial charge in [0, 0.05) is 25.1 Å². The molecule has 0 saturated heterocycles. The van der Waals surface area contributed by atoms with Crippen LogP contribution in [0.15, 0.2) is 23.1 Å². The van der Waals surface area contributed by atoms with E-state index in [0.29, 0.717) is 17.5 Å². The van der Waals surface area contributed by atoms with Crippen LogP contribution in [0, 0.1) is 18.8 Å². The van der Waals surface area contributed by atoms with Crippen molar-refractivity contribution in [1.82, 2.24) is 4.31 Å². The van der Waals surface area contributed by atoms with E-state index in [1.807, 2.05) is 13.8 Å². The lowest BCUT2D eigenvalue weighted by Gasteiger charge is -2.22. The number of hydrogen-bond acceptors (Lipinski definition) is 3. The fourth-order valence-electron chi connectivity index (χ4n) is 1.61. The van der Waals surface area contributed by atoms with Gasteiger partial charge in [-0.3, -0.25) is 0 Å². The minimum Gasteiger partial charge on any atom is -0.395 e. The molecule has 1 N–H and O–H groups in total. The van der Waals surface area contributed by atoms with Gasteiger partial charge in [-0.15, -0.1) is 0 Å². The van der Waals surface area contributed by atoms with E-state index in [-0.39, 0.29) is 17.5 Å². The Morgan fingerprint density at radius 2 is 2.00 bits per heavy atom. The fourth-order valence-corrected chi connectivity index (χ4v) is 3.23. The summed E-state index contributed by atoms with van der Waals surface area (Å²) in [5.74, 6) is 5.65. The molecule has 0 saturated carbocycles. The number of hydrogen-bond donors (Lipinski definition) is 1. The first kappa shape index (κ1) is 16.7. The molecule has 0 atom stereocenters. The maximum atomic E-state index is 12.5. The smallest absolute Gasteiger partial charge is 0.243 e. The Hall–Kier alpha value is -1.35. The summed E-state index contributed by atoms with van der Waals surface area (Å²) in [7, 11) is -1.93. The average molecular weight is 295 g/mol. The normalized spacial score (nSPS) is 11.6. The van der Waals surface area contributed by atoms with Gasteiger partial charge in [0.05, 0.1) is 11.5 Å². The number of benzene rings is 1. The maximum Gasteiger partial charge on any atom is 0.243 e. The van der Waals surface area contributed by atoms with Crippen LogP contribution in [0.5, 0.6) is 0 Å². The maximum absolute atomic E-state index is 12.5. The summed E-state index contributed by atoms with van der Waals surface area (Å²) in [5, 5.41) is 8.70. The summed E-state index contributed by atoms with van der Waals surface area (Å²) >= 11 is 0. The summed E-state index contributed by atoms with van der Waals surface area (Å²) in [6.45, 7) is 5.43. The van der Waals surface area contributed by atoms with E-state index < -0.39 is 10.0 Å². The Labute approximate surface area is 121 Å². The van der Waals surface area contributed by atoms with Crippen LogP contribution in [0.1, 0.15) is 31.4 Å². The zero-order chi connectivity index (χ0) is 15.3. The van der Waals surface area contributed by atoms with Crippen molar-refractivity contribution in [3.63, 3.8) is 0 Å². The number of rotatable bonds is 4. The first-order valence-corrected chi connectivity index (χ1v) is 7.93. The molecule has 110 valence electrons. The van der Waals surface area contributed by atoms with Gasteiger partial charge in [0.25, 0.3) is 0 Å². The SMILES string of the molecule is Cc1ccc(C#CCCO)cc1S(=O)(=O)N(C)C(C)C. The molecule has 1 aromatic rings. The number of aryl methyl sites for hydroxylation is 1. The van der Waals surface area contributed by atoms with Gasteiger partial charge in [0.1, 0.15) is 0 Å². The van der Waals surface area contributed by atoms with Crippen LogP contribution < -0.4 is 0 Å². The van der Waals surface area contributed by atoms with Crippen LogP contribution in [-0.2, 0) is 10.0 Å². The van der Waals surface area contributed by atoms with Crippen LogP contribution in [-0.4, -0.2) is 37.5 Å². The minimum atomic E-state index is -3.51. The third-order valence-corrected chi connectivity index (χ3v) is 5.22. The second-order valence-corrected chi connectivity index (χ2v) is 6.84. The van der Waals surface area contributed by atoms with Crippen molar-refractivity contribution in [3.05, 3.63) is 29.3 Å². The Balaban J connectivity index is 3.25. The number of nitrogens with zero attached hydrogens (tertiary/aromatic N) is 1. The topological polar surface area (TPSA) is 57.6 Å². The molecule has 0 aliphatic carbocycles. The quantitative estimate of drug-likeness (QED) is 0.861. The highest BCUT2D eigenvalue weighted by Gasteiger charge is 2.24. The molecule has 0 radical (unpaired) electrons. The molecule has 5 heteroatoms. The first-order valence-electron chi connectivity index (χ1n) is 6.49. The van der Waals surface area contributed by atoms with Crippen molar-refractivity contribution in [2.75, 3.05) is 13.7 Å². The molecule has 0 aromatic heterocycles. The molecule has 0 fully saturated rings. The zero-order valence-corrected chi connectivity index (χ0v) is 13.2. The van der Waals surface area contributed by atoms with Crippen LogP contribution in [0.4, 0.5) is 0 Å². The van der Waals surface area contributed by atoms with E-state index >= 15 is 0 Å². The standard InChI is InChI=1S/C15H21NO3S/c1-12(2)16(4)20(18,19)15-11-14(7-5-6-10-17)9-8-13(15)3/h8-9,11-12,17H,6,10H2,1-4H3. The number of aliphatic hydroxyl groups is 1. The van der Waals surface area contributed by atoms with Gasteiger partial charge in [-0.25, -0.2) is 8.42 Å². The largest absolute Gasteiger partial charge is 0.395 e. The van der Waals surface area contributed by atoms with Gasteiger partial charge < -0.3 is 5.11 Å². The summed E-state index contributed by atoms with van der Waals surface area (Å²) in [5.41, 5.74) is 1.34. The molecule has 20 heavy (non-hydrogen) atoms. The molecule has 0 aliphatic heterocycles. The van der Waals surface area contributed by atoms with Crippen LogP contribution in [0.25, 0.3) is 0 Å². The van der Waals surface area contributed by atoms with E-state index in [9.17, 15) is 8.42 Å². The first-order chi connectivity index (χ1) is 9.30. The minimum absolute atomic E-state index is 0.000103. The predicted octanol–water partition coefficient (Wildman–Crippen LogP) is 1.76. The van der Waals surface area contributed by atoms with Crippen molar-refractivity contribution in [3.8, 4) is 11.8 Å². The lowest BCUT2D eigenvalue weighted by molar-refractivity contribution is 0.305. The molecule has 0 heterocycles. The van der Waals surface area contributed by atoms with Gasteiger partial charge in [-0.1, -0.05) is 17.9 Å². The Bertz CT molecular complexity index is 624. The van der Waals surface area contributed by atoms with Crippen molar-refractivity contribution >= 4 is 10.0 Å². The molecule has 0 bridgehead atoms. The molecule has 1 rings (SSSR count). The van der Waals surface area contributed by atoms with Gasteiger partial charge in [0.15, 0.2) is 0 Å². The predicted molar refractivity (Wildman–Crippen MR) is 79.8 cm³/mol. The summed E-state index contributed by atoms with van der Waals surface area (Å²) in [6.07, 6.45) is 0.377. The monoisotopic (exact) mass is 295 g/mol. The van der Waals surface area contributed by atoms with Crippen LogP contribution in [0.2, 0.25) is 0 Å². The van der Waals surface area contributed by atoms with Gasteiger partial charge >= 0.3 is 0 Å². The van der Waals surface area contributed by atoms with E-state index in [0.717, 1.165) is 0 Å². The van der Waals surface area contributed by atoms with E-state index in [4.69, 9.17) is 5.11 Å². The molecule has 4 nitrogen and oxygen atoms in total. The van der Waals surface area contributed by atoms with E-state index in [1.54, 1.807) is 32.2 Å². The molecule has 1 aromatic carbocycles. The lowest BCUT2D eigenvalue weighted by Crippen LogP contribution is -2.33. The Kier molecular flexibility index (Phi) is 5.75. The Morgan fingerprint density at radius 1 is 1.35 bits per heavy atom. The summed E-state index contributed by atoms with van der Waals surface area (Å²) in [4.78, 5) is 0.282. The second-order valence-electron chi connectivity index (χ2n) is 4.87. The van der Waals surface area contributed by atoms with Gasteiger partial charge in [-0.2, -0.15) is 4.31 Å². The molecule has 0 unspecified atom stereocenters. The molecular formula is C15H21NO3S. The van der Waals surface area contributed by atoms with Crippen molar-refractivity contribution in [1.29, 1.82) is 0 Å². The number of aliphatic hydroxyl groups excluding tert-OH is 1. The van der Waals surface area contributed by atoms with E-state index in [1.165, 1.54) is 4.31 Å². The Morgan fingerprint density at radius 3 is 2.55 bits per heavy atom. The zero-order valence-electron chi connectivity index (χ0n) is 12.3. The number of sulfonamides is 1. The fraction of sp³-hybridized carbons (Fsp3) is 0.467. The lowest BCUT2D eigenvalue weighted by atomic mass is 10.1.